The molecule has 3 aromatic rings. The first kappa shape index (κ1) is 21.0. The first-order valence-corrected chi connectivity index (χ1v) is 11.4. The van der Waals surface area contributed by atoms with Gasteiger partial charge in [0, 0.05) is 6.26 Å². The first-order chi connectivity index (χ1) is 13.9. The topological polar surface area (TPSA) is 63.7 Å². The molecule has 0 unspecified atom stereocenters. The van der Waals surface area contributed by atoms with Crippen molar-refractivity contribution < 1.29 is 17.9 Å². The number of rotatable bonds is 6. The van der Waals surface area contributed by atoms with Crippen molar-refractivity contribution in [3.8, 4) is 11.1 Å². The molecule has 0 saturated carbocycles. The van der Waals surface area contributed by atoms with E-state index >= 15 is 0 Å². The van der Waals surface area contributed by atoms with Crippen LogP contribution in [0.3, 0.4) is 0 Å². The van der Waals surface area contributed by atoms with Gasteiger partial charge in [0.2, 0.25) is 0 Å². The van der Waals surface area contributed by atoms with Crippen LogP contribution in [-0.4, -0.2) is 27.8 Å². The fourth-order valence-corrected chi connectivity index (χ4v) is 5.41. The number of sulfonamides is 1. The summed E-state index contributed by atoms with van der Waals surface area (Å²) in [5.41, 5.74) is 3.46. The monoisotopic (exact) mass is 427 g/mol. The number of esters is 1. The fraction of sp³-hybridized carbons (Fsp3) is 0.136. The molecule has 0 amide bonds. The van der Waals surface area contributed by atoms with Crippen molar-refractivity contribution in [2.75, 3.05) is 17.1 Å². The molecular formula is C22H21NO4S2. The highest BCUT2D eigenvalue weighted by Gasteiger charge is 2.26. The Morgan fingerprint density at radius 3 is 2.14 bits per heavy atom. The third kappa shape index (κ3) is 4.31. The van der Waals surface area contributed by atoms with E-state index < -0.39 is 16.0 Å². The smallest absolute Gasteiger partial charge is 0.338 e. The lowest BCUT2D eigenvalue weighted by Crippen LogP contribution is -2.24. The van der Waals surface area contributed by atoms with Crippen molar-refractivity contribution in [3.63, 3.8) is 0 Å². The van der Waals surface area contributed by atoms with E-state index in [-0.39, 0.29) is 10.5 Å². The molecule has 5 nitrogen and oxygen atoms in total. The Hall–Kier alpha value is -2.77. The molecule has 0 atom stereocenters. The number of nitrogens with zero attached hydrogens (tertiary/aromatic N) is 1. The maximum Gasteiger partial charge on any atom is 0.338 e. The highest BCUT2D eigenvalue weighted by Crippen LogP contribution is 2.32. The van der Waals surface area contributed by atoms with Crippen LogP contribution >= 0.6 is 11.9 Å². The summed E-state index contributed by atoms with van der Waals surface area (Å²) in [5.74, 6) is -0.567. The van der Waals surface area contributed by atoms with Gasteiger partial charge in [-0.15, -0.1) is 0 Å². The zero-order chi connectivity index (χ0) is 21.0. The van der Waals surface area contributed by atoms with Crippen molar-refractivity contribution in [3.05, 3.63) is 83.9 Å². The Morgan fingerprint density at radius 1 is 0.931 bits per heavy atom. The average molecular weight is 428 g/mol. The van der Waals surface area contributed by atoms with E-state index in [9.17, 15) is 13.2 Å². The van der Waals surface area contributed by atoms with Gasteiger partial charge in [-0.25, -0.2) is 16.9 Å². The number of aryl methyl sites for hydroxylation is 1. The van der Waals surface area contributed by atoms with Gasteiger partial charge in [0.1, 0.15) is 0 Å². The van der Waals surface area contributed by atoms with E-state index in [1.165, 1.54) is 23.0 Å². The summed E-state index contributed by atoms with van der Waals surface area (Å²) >= 11 is 1.08. The van der Waals surface area contributed by atoms with Crippen molar-refractivity contribution >= 4 is 33.6 Å². The molecule has 0 radical (unpaired) electrons. The molecule has 0 spiro atoms. The molecule has 150 valence electrons. The summed E-state index contributed by atoms with van der Waals surface area (Å²) in [5, 5.41) is 0. The van der Waals surface area contributed by atoms with Crippen LogP contribution in [0.5, 0.6) is 0 Å². The number of carbonyl (C=O) groups excluding carboxylic acids is 1. The summed E-state index contributed by atoms with van der Waals surface area (Å²) in [6.07, 6.45) is 1.69. The zero-order valence-electron chi connectivity index (χ0n) is 16.3. The van der Waals surface area contributed by atoms with Crippen LogP contribution in [0.4, 0.5) is 5.69 Å². The fourth-order valence-electron chi connectivity index (χ4n) is 2.94. The number of hydrogen-bond acceptors (Lipinski definition) is 5. The lowest BCUT2D eigenvalue weighted by atomic mass is 10.1. The first-order valence-electron chi connectivity index (χ1n) is 8.82. The van der Waals surface area contributed by atoms with Crippen molar-refractivity contribution in [1.82, 2.24) is 0 Å². The van der Waals surface area contributed by atoms with Gasteiger partial charge in [-0.1, -0.05) is 48.5 Å². The number of anilines is 1. The maximum absolute atomic E-state index is 13.2. The summed E-state index contributed by atoms with van der Waals surface area (Å²) in [7, 11) is -2.60. The number of benzene rings is 3. The van der Waals surface area contributed by atoms with Crippen molar-refractivity contribution in [1.29, 1.82) is 0 Å². The standard InChI is InChI=1S/C22H21NO4S2/c1-16-9-14-20(15-21(16)22(24)27-2)29(25,26)23(28-3)19-12-10-18(11-13-19)17-7-5-4-6-8-17/h4-15H,1-3H3. The third-order valence-electron chi connectivity index (χ3n) is 4.48. The summed E-state index contributed by atoms with van der Waals surface area (Å²) in [4.78, 5) is 12.0. The van der Waals surface area contributed by atoms with Gasteiger partial charge in [0.05, 0.1) is 23.3 Å². The van der Waals surface area contributed by atoms with Gasteiger partial charge < -0.3 is 4.74 Å². The van der Waals surface area contributed by atoms with Crippen molar-refractivity contribution in [2.45, 2.75) is 11.8 Å². The van der Waals surface area contributed by atoms with E-state index in [1.807, 2.05) is 42.5 Å². The van der Waals surface area contributed by atoms with E-state index in [1.54, 1.807) is 31.4 Å². The molecule has 0 aliphatic heterocycles. The van der Waals surface area contributed by atoms with Gasteiger partial charge in [0.15, 0.2) is 0 Å². The molecule has 3 aromatic carbocycles. The average Bonchev–Trinajstić information content (AvgIpc) is 2.75. The molecule has 0 heterocycles. The number of hydrogen-bond donors (Lipinski definition) is 0. The Kier molecular flexibility index (Phi) is 6.30. The minimum absolute atomic E-state index is 0.0324. The highest BCUT2D eigenvalue weighted by molar-refractivity contribution is 8.14. The van der Waals surface area contributed by atoms with E-state index in [4.69, 9.17) is 4.74 Å². The number of carbonyl (C=O) groups is 1. The lowest BCUT2D eigenvalue weighted by Gasteiger charge is -2.22. The van der Waals surface area contributed by atoms with Crippen LogP contribution in [-0.2, 0) is 14.8 Å². The molecule has 7 heteroatoms. The molecule has 29 heavy (non-hydrogen) atoms. The van der Waals surface area contributed by atoms with Crippen LogP contribution in [0.2, 0.25) is 0 Å². The van der Waals surface area contributed by atoms with Crippen LogP contribution < -0.4 is 3.71 Å². The Morgan fingerprint density at radius 2 is 1.55 bits per heavy atom. The molecule has 0 bridgehead atoms. The second kappa shape index (κ2) is 8.71. The second-order valence-corrected chi connectivity index (χ2v) is 9.04. The summed E-state index contributed by atoms with van der Waals surface area (Å²) in [6.45, 7) is 1.73. The van der Waals surface area contributed by atoms with Crippen LogP contribution in [0.25, 0.3) is 11.1 Å². The Bertz CT molecular complexity index is 1110. The molecule has 3 rings (SSSR count). The van der Waals surface area contributed by atoms with Gasteiger partial charge in [-0.05, 0) is 59.8 Å². The zero-order valence-corrected chi connectivity index (χ0v) is 18.0. The minimum Gasteiger partial charge on any atom is -0.465 e. The van der Waals surface area contributed by atoms with E-state index in [0.717, 1.165) is 23.1 Å². The number of methoxy groups -OCH3 is 1. The van der Waals surface area contributed by atoms with E-state index in [2.05, 4.69) is 0 Å². The normalized spacial score (nSPS) is 11.1. The summed E-state index contributed by atoms with van der Waals surface area (Å²) in [6, 6.07) is 21.6. The van der Waals surface area contributed by atoms with Gasteiger partial charge in [-0.2, -0.15) is 0 Å². The Labute approximate surface area is 175 Å². The predicted molar refractivity (Wildman–Crippen MR) is 118 cm³/mol. The van der Waals surface area contributed by atoms with Crippen LogP contribution in [0.15, 0.2) is 77.7 Å². The van der Waals surface area contributed by atoms with Gasteiger partial charge in [-0.3, -0.25) is 0 Å². The second-order valence-electron chi connectivity index (χ2n) is 6.30. The lowest BCUT2D eigenvalue weighted by molar-refractivity contribution is 0.0599. The van der Waals surface area contributed by atoms with Crippen molar-refractivity contribution in [2.24, 2.45) is 0 Å². The maximum atomic E-state index is 13.2. The van der Waals surface area contributed by atoms with Gasteiger partial charge in [0.25, 0.3) is 10.0 Å². The Balaban J connectivity index is 1.98. The molecule has 0 fully saturated rings. The third-order valence-corrected chi connectivity index (χ3v) is 7.56. The molecule has 0 N–H and O–H groups in total. The van der Waals surface area contributed by atoms with Crippen LogP contribution in [0.1, 0.15) is 15.9 Å². The minimum atomic E-state index is -3.87. The molecule has 0 aliphatic rings. The largest absolute Gasteiger partial charge is 0.465 e. The molecule has 0 aliphatic carbocycles. The molecular weight excluding hydrogens is 406 g/mol. The number of ether oxygens (including phenoxy) is 1. The van der Waals surface area contributed by atoms with Crippen LogP contribution in [0, 0.1) is 6.92 Å². The van der Waals surface area contributed by atoms with Gasteiger partial charge >= 0.3 is 5.97 Å². The predicted octanol–water partition coefficient (Wildman–Crippen LogP) is 4.92. The quantitative estimate of drug-likeness (QED) is 0.413. The van der Waals surface area contributed by atoms with E-state index in [0.29, 0.717) is 11.3 Å². The highest BCUT2D eigenvalue weighted by atomic mass is 32.3. The molecule has 0 saturated heterocycles. The molecule has 0 aromatic heterocycles. The SMILES string of the molecule is COC(=O)c1cc(S(=O)(=O)N(SC)c2ccc(-c3ccccc3)cc2)ccc1C. The summed E-state index contributed by atoms with van der Waals surface area (Å²) < 4.78 is 32.5.